The van der Waals surface area contributed by atoms with E-state index in [0.717, 1.165) is 6.42 Å². The number of halogens is 5. The highest BCUT2D eigenvalue weighted by molar-refractivity contribution is 9.10. The van der Waals surface area contributed by atoms with Crippen LogP contribution in [0, 0.1) is 11.7 Å². The van der Waals surface area contributed by atoms with Gasteiger partial charge in [-0.15, -0.1) is 0 Å². The molecule has 0 amide bonds. The van der Waals surface area contributed by atoms with Crippen molar-refractivity contribution in [3.8, 4) is 0 Å². The molecule has 2 unspecified atom stereocenters. The maximum Gasteiger partial charge on any atom is 0.393 e. The first kappa shape index (κ1) is 14.6. The molecule has 2 atom stereocenters. The first-order valence-corrected chi connectivity index (χ1v) is 6.95. The summed E-state index contributed by atoms with van der Waals surface area (Å²) in [5.74, 6) is -1.84. The van der Waals surface area contributed by atoms with Gasteiger partial charge in [-0.1, -0.05) is 12.8 Å². The number of nitrogens with one attached hydrogen (secondary N) is 1. The Morgan fingerprint density at radius 1 is 1.16 bits per heavy atom. The first-order valence-electron chi connectivity index (χ1n) is 6.16. The normalized spacial score (nSPS) is 24.3. The van der Waals surface area contributed by atoms with Gasteiger partial charge in [-0.25, -0.2) is 4.39 Å². The lowest BCUT2D eigenvalue weighted by Gasteiger charge is -2.34. The lowest BCUT2D eigenvalue weighted by Crippen LogP contribution is -2.41. The number of anilines is 1. The Kier molecular flexibility index (Phi) is 4.38. The Hall–Kier alpha value is -0.780. The zero-order valence-electron chi connectivity index (χ0n) is 10.1. The van der Waals surface area contributed by atoms with Gasteiger partial charge in [0.25, 0.3) is 0 Å². The van der Waals surface area contributed by atoms with Crippen molar-refractivity contribution in [2.24, 2.45) is 5.92 Å². The largest absolute Gasteiger partial charge is 0.393 e. The smallest absolute Gasteiger partial charge is 0.382 e. The standard InChI is InChI=1S/C13H14BrF4N/c14-10-6-5-8(7-11(10)15)19-12-4-2-1-3-9(12)13(16,17)18/h5-7,9,12,19H,1-4H2. The Morgan fingerprint density at radius 2 is 1.84 bits per heavy atom. The molecule has 0 bridgehead atoms. The van der Waals surface area contributed by atoms with E-state index in [1.165, 1.54) is 12.1 Å². The second kappa shape index (κ2) is 5.69. The van der Waals surface area contributed by atoms with E-state index in [1.54, 1.807) is 6.07 Å². The summed E-state index contributed by atoms with van der Waals surface area (Å²) in [6, 6.07) is 3.61. The predicted octanol–water partition coefficient (Wildman–Crippen LogP) is 5.12. The number of hydrogen-bond acceptors (Lipinski definition) is 1. The van der Waals surface area contributed by atoms with Gasteiger partial charge >= 0.3 is 6.18 Å². The molecular formula is C13H14BrF4N. The number of benzene rings is 1. The average molecular weight is 340 g/mol. The van der Waals surface area contributed by atoms with Crippen molar-refractivity contribution in [1.29, 1.82) is 0 Å². The molecule has 2 rings (SSSR count). The van der Waals surface area contributed by atoms with Gasteiger partial charge in [-0.2, -0.15) is 13.2 Å². The van der Waals surface area contributed by atoms with Crippen LogP contribution in [0.25, 0.3) is 0 Å². The molecule has 1 nitrogen and oxygen atoms in total. The topological polar surface area (TPSA) is 12.0 Å². The maximum absolute atomic E-state index is 13.4. The van der Waals surface area contributed by atoms with Gasteiger partial charge in [0.15, 0.2) is 0 Å². The van der Waals surface area contributed by atoms with E-state index in [4.69, 9.17) is 0 Å². The van der Waals surface area contributed by atoms with Gasteiger partial charge in [0.1, 0.15) is 5.82 Å². The van der Waals surface area contributed by atoms with Crippen molar-refractivity contribution in [2.75, 3.05) is 5.32 Å². The minimum atomic E-state index is -4.20. The third-order valence-electron chi connectivity index (χ3n) is 3.46. The molecule has 0 radical (unpaired) electrons. The van der Waals surface area contributed by atoms with Crippen molar-refractivity contribution in [3.63, 3.8) is 0 Å². The van der Waals surface area contributed by atoms with Crippen LogP contribution in [0.15, 0.2) is 22.7 Å². The summed E-state index contributed by atoms with van der Waals surface area (Å²) in [6.07, 6.45) is -2.24. The third kappa shape index (κ3) is 3.61. The Balaban J connectivity index is 2.13. The predicted molar refractivity (Wildman–Crippen MR) is 69.5 cm³/mol. The summed E-state index contributed by atoms with van der Waals surface area (Å²) in [4.78, 5) is 0. The van der Waals surface area contributed by atoms with E-state index >= 15 is 0 Å². The van der Waals surface area contributed by atoms with Gasteiger partial charge in [0.2, 0.25) is 0 Å². The van der Waals surface area contributed by atoms with Crippen molar-refractivity contribution in [3.05, 3.63) is 28.5 Å². The molecule has 1 aliphatic carbocycles. The molecule has 0 heterocycles. The van der Waals surface area contributed by atoms with E-state index in [1.807, 2.05) is 0 Å². The highest BCUT2D eigenvalue weighted by Crippen LogP contribution is 2.39. The van der Waals surface area contributed by atoms with E-state index < -0.39 is 24.0 Å². The minimum Gasteiger partial charge on any atom is -0.382 e. The molecule has 6 heteroatoms. The van der Waals surface area contributed by atoms with E-state index in [-0.39, 0.29) is 6.42 Å². The van der Waals surface area contributed by atoms with Crippen molar-refractivity contribution in [1.82, 2.24) is 0 Å². The van der Waals surface area contributed by atoms with E-state index in [9.17, 15) is 17.6 Å². The van der Waals surface area contributed by atoms with Crippen molar-refractivity contribution >= 4 is 21.6 Å². The molecule has 1 aromatic carbocycles. The Labute approximate surface area is 117 Å². The van der Waals surface area contributed by atoms with Gasteiger partial charge < -0.3 is 5.32 Å². The van der Waals surface area contributed by atoms with Crippen LogP contribution in [0.3, 0.4) is 0 Å². The number of hydrogen-bond donors (Lipinski definition) is 1. The zero-order valence-corrected chi connectivity index (χ0v) is 11.7. The summed E-state index contributed by atoms with van der Waals surface area (Å²) in [7, 11) is 0. The first-order chi connectivity index (χ1) is 8.88. The van der Waals surface area contributed by atoms with Gasteiger partial charge in [-0.3, -0.25) is 0 Å². The van der Waals surface area contributed by atoms with Crippen LogP contribution in [0.2, 0.25) is 0 Å². The molecular weight excluding hydrogens is 326 g/mol. The van der Waals surface area contributed by atoms with Crippen molar-refractivity contribution < 1.29 is 17.6 Å². The highest BCUT2D eigenvalue weighted by Gasteiger charge is 2.45. The fourth-order valence-corrected chi connectivity index (χ4v) is 2.74. The quantitative estimate of drug-likeness (QED) is 0.737. The maximum atomic E-state index is 13.4. The Bertz CT molecular complexity index is 447. The fraction of sp³-hybridized carbons (Fsp3) is 0.538. The van der Waals surface area contributed by atoms with Crippen LogP contribution < -0.4 is 5.32 Å². The molecule has 0 aliphatic heterocycles. The molecule has 1 fully saturated rings. The van der Waals surface area contributed by atoms with Crippen LogP contribution >= 0.6 is 15.9 Å². The molecule has 1 aliphatic rings. The lowest BCUT2D eigenvalue weighted by molar-refractivity contribution is -0.184. The third-order valence-corrected chi connectivity index (χ3v) is 4.10. The SMILES string of the molecule is Fc1cc(NC2CCCCC2C(F)(F)F)ccc1Br. The van der Waals surface area contributed by atoms with Crippen LogP contribution in [0.5, 0.6) is 0 Å². The molecule has 1 aromatic rings. The molecule has 1 saturated carbocycles. The molecule has 0 spiro atoms. The summed E-state index contributed by atoms with van der Waals surface area (Å²) in [6.45, 7) is 0. The van der Waals surface area contributed by atoms with Crippen molar-refractivity contribution in [2.45, 2.75) is 37.9 Å². The van der Waals surface area contributed by atoms with Crippen LogP contribution in [0.1, 0.15) is 25.7 Å². The Morgan fingerprint density at radius 3 is 2.47 bits per heavy atom. The fourth-order valence-electron chi connectivity index (χ4n) is 2.50. The van der Waals surface area contributed by atoms with E-state index in [0.29, 0.717) is 23.0 Å². The van der Waals surface area contributed by atoms with E-state index in [2.05, 4.69) is 21.2 Å². The van der Waals surface area contributed by atoms with Gasteiger partial charge in [0.05, 0.1) is 10.4 Å². The number of alkyl halides is 3. The van der Waals surface area contributed by atoms with Gasteiger partial charge in [0, 0.05) is 11.7 Å². The molecule has 0 aromatic heterocycles. The van der Waals surface area contributed by atoms with Gasteiger partial charge in [-0.05, 0) is 47.0 Å². The summed E-state index contributed by atoms with van der Waals surface area (Å²) in [5, 5.41) is 2.82. The summed E-state index contributed by atoms with van der Waals surface area (Å²) in [5.41, 5.74) is 0.391. The molecule has 1 N–H and O–H groups in total. The second-order valence-corrected chi connectivity index (χ2v) is 5.67. The summed E-state index contributed by atoms with van der Waals surface area (Å²) >= 11 is 3.02. The molecule has 19 heavy (non-hydrogen) atoms. The van der Waals surface area contributed by atoms with Crippen LogP contribution in [-0.4, -0.2) is 12.2 Å². The zero-order chi connectivity index (χ0) is 14.0. The average Bonchev–Trinajstić information content (AvgIpc) is 2.33. The molecule has 106 valence electrons. The number of rotatable bonds is 2. The monoisotopic (exact) mass is 339 g/mol. The lowest BCUT2D eigenvalue weighted by atomic mass is 9.84. The van der Waals surface area contributed by atoms with Crippen LogP contribution in [0.4, 0.5) is 23.2 Å². The van der Waals surface area contributed by atoms with Crippen LogP contribution in [-0.2, 0) is 0 Å². The highest BCUT2D eigenvalue weighted by atomic mass is 79.9. The summed E-state index contributed by atoms with van der Waals surface area (Å²) < 4.78 is 52.4. The second-order valence-electron chi connectivity index (χ2n) is 4.81. The molecule has 0 saturated heterocycles. The minimum absolute atomic E-state index is 0.139.